The minimum Gasteiger partial charge on any atom is -0.355 e. The molecule has 3 heteroatoms. The van der Waals surface area contributed by atoms with Gasteiger partial charge in [-0.25, -0.2) is 0 Å². The third kappa shape index (κ3) is 2.27. The Morgan fingerprint density at radius 3 is 2.58 bits per heavy atom. The molecular weight excluding hydrogens is 256 g/mol. The Morgan fingerprint density at radius 2 is 1.79 bits per heavy atom. The lowest BCUT2D eigenvalue weighted by atomic mass is 10.1. The zero-order valence-electron chi connectivity index (χ0n) is 10.5. The van der Waals surface area contributed by atoms with Crippen LogP contribution in [0.3, 0.4) is 0 Å². The molecule has 0 aliphatic heterocycles. The maximum absolute atomic E-state index is 6.14. The third-order valence-corrected chi connectivity index (χ3v) is 3.56. The SMILES string of the molecule is Cc1c(Cl)ccc2c(Nc3ccccc3)ccnc12. The van der Waals surface area contributed by atoms with Crippen LogP contribution in [0.15, 0.2) is 54.7 Å². The molecule has 94 valence electrons. The molecule has 2 nitrogen and oxygen atoms in total. The van der Waals surface area contributed by atoms with Gasteiger partial charge in [-0.3, -0.25) is 4.98 Å². The minimum absolute atomic E-state index is 0.747. The highest BCUT2D eigenvalue weighted by Gasteiger charge is 2.06. The van der Waals surface area contributed by atoms with Crippen molar-refractivity contribution >= 4 is 33.9 Å². The third-order valence-electron chi connectivity index (χ3n) is 3.15. The number of para-hydroxylation sites is 1. The van der Waals surface area contributed by atoms with Crippen molar-refractivity contribution in [1.82, 2.24) is 4.98 Å². The summed E-state index contributed by atoms with van der Waals surface area (Å²) >= 11 is 6.14. The van der Waals surface area contributed by atoms with Crippen LogP contribution in [0.1, 0.15) is 5.56 Å². The van der Waals surface area contributed by atoms with Crippen molar-refractivity contribution in [3.05, 3.63) is 65.3 Å². The molecule has 0 radical (unpaired) electrons. The van der Waals surface area contributed by atoms with Gasteiger partial charge in [0.15, 0.2) is 0 Å². The summed E-state index contributed by atoms with van der Waals surface area (Å²) in [6.07, 6.45) is 1.80. The Labute approximate surface area is 117 Å². The first-order valence-corrected chi connectivity index (χ1v) is 6.49. The summed E-state index contributed by atoms with van der Waals surface area (Å²) in [5.74, 6) is 0. The fourth-order valence-electron chi connectivity index (χ4n) is 2.12. The predicted octanol–water partition coefficient (Wildman–Crippen LogP) is 4.94. The average molecular weight is 269 g/mol. The van der Waals surface area contributed by atoms with E-state index < -0.39 is 0 Å². The smallest absolute Gasteiger partial charge is 0.0766 e. The molecule has 0 aliphatic carbocycles. The standard InChI is InChI=1S/C16H13ClN2/c1-11-14(17)8-7-13-15(9-10-18-16(11)13)19-12-5-3-2-4-6-12/h2-10H,1H3,(H,18,19). The summed E-state index contributed by atoms with van der Waals surface area (Å²) < 4.78 is 0. The molecule has 0 aliphatic rings. The number of hydrogen-bond acceptors (Lipinski definition) is 2. The Hall–Kier alpha value is -2.06. The van der Waals surface area contributed by atoms with Crippen molar-refractivity contribution in [1.29, 1.82) is 0 Å². The monoisotopic (exact) mass is 268 g/mol. The highest BCUT2D eigenvalue weighted by Crippen LogP contribution is 2.30. The molecule has 0 fully saturated rings. The first-order valence-electron chi connectivity index (χ1n) is 6.11. The largest absolute Gasteiger partial charge is 0.355 e. The molecule has 3 rings (SSSR count). The summed E-state index contributed by atoms with van der Waals surface area (Å²) in [4.78, 5) is 4.42. The van der Waals surface area contributed by atoms with Crippen molar-refractivity contribution in [2.45, 2.75) is 6.92 Å². The Bertz CT molecular complexity index is 723. The molecule has 0 saturated heterocycles. The van der Waals surface area contributed by atoms with E-state index in [0.29, 0.717) is 0 Å². The summed E-state index contributed by atoms with van der Waals surface area (Å²) in [7, 11) is 0. The highest BCUT2D eigenvalue weighted by atomic mass is 35.5. The lowest BCUT2D eigenvalue weighted by Gasteiger charge is -2.11. The summed E-state index contributed by atoms with van der Waals surface area (Å²) in [5, 5.41) is 5.23. The summed E-state index contributed by atoms with van der Waals surface area (Å²) in [5.41, 5.74) is 4.04. The normalized spacial score (nSPS) is 10.6. The van der Waals surface area contributed by atoms with E-state index in [2.05, 4.69) is 10.3 Å². The lowest BCUT2D eigenvalue weighted by Crippen LogP contribution is -1.93. The molecule has 0 amide bonds. The van der Waals surface area contributed by atoms with Gasteiger partial charge in [-0.2, -0.15) is 0 Å². The number of aromatic nitrogens is 1. The van der Waals surface area contributed by atoms with Crippen LogP contribution < -0.4 is 5.32 Å². The van der Waals surface area contributed by atoms with Gasteiger partial charge in [0.1, 0.15) is 0 Å². The van der Waals surface area contributed by atoms with E-state index in [1.54, 1.807) is 6.20 Å². The van der Waals surface area contributed by atoms with Crippen molar-refractivity contribution in [3.8, 4) is 0 Å². The number of hydrogen-bond donors (Lipinski definition) is 1. The molecular formula is C16H13ClN2. The van der Waals surface area contributed by atoms with Gasteiger partial charge in [-0.15, -0.1) is 0 Å². The average Bonchev–Trinajstić information content (AvgIpc) is 2.45. The number of rotatable bonds is 2. The Morgan fingerprint density at radius 1 is 1.00 bits per heavy atom. The van der Waals surface area contributed by atoms with E-state index in [-0.39, 0.29) is 0 Å². The second kappa shape index (κ2) is 4.90. The molecule has 0 atom stereocenters. The van der Waals surface area contributed by atoms with Gasteiger partial charge >= 0.3 is 0 Å². The fraction of sp³-hybridized carbons (Fsp3) is 0.0625. The zero-order chi connectivity index (χ0) is 13.2. The number of halogens is 1. The van der Waals surface area contributed by atoms with Crippen LogP contribution in [-0.4, -0.2) is 4.98 Å². The fourth-order valence-corrected chi connectivity index (χ4v) is 2.27. The van der Waals surface area contributed by atoms with E-state index in [1.807, 2.05) is 55.5 Å². The number of benzene rings is 2. The van der Waals surface area contributed by atoms with Crippen LogP contribution in [0.4, 0.5) is 11.4 Å². The van der Waals surface area contributed by atoms with Gasteiger partial charge in [0, 0.05) is 28.0 Å². The molecule has 0 saturated carbocycles. The maximum Gasteiger partial charge on any atom is 0.0766 e. The lowest BCUT2D eigenvalue weighted by molar-refractivity contribution is 1.36. The number of nitrogens with one attached hydrogen (secondary N) is 1. The number of nitrogens with zero attached hydrogens (tertiary/aromatic N) is 1. The van der Waals surface area contributed by atoms with Crippen molar-refractivity contribution in [2.75, 3.05) is 5.32 Å². The summed E-state index contributed by atoms with van der Waals surface area (Å²) in [6.45, 7) is 1.99. The van der Waals surface area contributed by atoms with E-state index in [0.717, 1.165) is 32.9 Å². The summed E-state index contributed by atoms with van der Waals surface area (Å²) in [6, 6.07) is 16.0. The molecule has 1 heterocycles. The van der Waals surface area contributed by atoms with Crippen molar-refractivity contribution in [2.24, 2.45) is 0 Å². The number of aryl methyl sites for hydroxylation is 1. The van der Waals surface area contributed by atoms with Gasteiger partial charge in [-0.1, -0.05) is 29.8 Å². The minimum atomic E-state index is 0.747. The molecule has 2 aromatic carbocycles. The quantitative estimate of drug-likeness (QED) is 0.712. The zero-order valence-corrected chi connectivity index (χ0v) is 11.3. The van der Waals surface area contributed by atoms with Gasteiger partial charge in [0.2, 0.25) is 0 Å². The second-order valence-electron chi connectivity index (χ2n) is 4.42. The number of fused-ring (bicyclic) bond motifs is 1. The topological polar surface area (TPSA) is 24.9 Å². The van der Waals surface area contributed by atoms with E-state index in [9.17, 15) is 0 Å². The van der Waals surface area contributed by atoms with E-state index in [4.69, 9.17) is 11.6 Å². The van der Waals surface area contributed by atoms with Crippen molar-refractivity contribution < 1.29 is 0 Å². The first kappa shape index (κ1) is 12.0. The molecule has 0 unspecified atom stereocenters. The van der Waals surface area contributed by atoms with Crippen LogP contribution in [0.2, 0.25) is 5.02 Å². The van der Waals surface area contributed by atoms with Gasteiger partial charge in [-0.05, 0) is 42.8 Å². The molecule has 3 aromatic rings. The molecule has 1 N–H and O–H groups in total. The van der Waals surface area contributed by atoms with Crippen LogP contribution in [0, 0.1) is 6.92 Å². The molecule has 0 bridgehead atoms. The van der Waals surface area contributed by atoms with Crippen LogP contribution in [0.5, 0.6) is 0 Å². The number of anilines is 2. The van der Waals surface area contributed by atoms with E-state index in [1.165, 1.54) is 0 Å². The van der Waals surface area contributed by atoms with Crippen LogP contribution >= 0.6 is 11.6 Å². The predicted molar refractivity (Wildman–Crippen MR) is 81.2 cm³/mol. The van der Waals surface area contributed by atoms with E-state index >= 15 is 0 Å². The Balaban J connectivity index is 2.12. The number of pyridine rings is 1. The second-order valence-corrected chi connectivity index (χ2v) is 4.83. The first-order chi connectivity index (χ1) is 9.25. The highest BCUT2D eigenvalue weighted by molar-refractivity contribution is 6.32. The van der Waals surface area contributed by atoms with Gasteiger partial charge < -0.3 is 5.32 Å². The molecule has 1 aromatic heterocycles. The van der Waals surface area contributed by atoms with Gasteiger partial charge in [0.05, 0.1) is 5.52 Å². The van der Waals surface area contributed by atoms with Gasteiger partial charge in [0.25, 0.3) is 0 Å². The van der Waals surface area contributed by atoms with Crippen LogP contribution in [-0.2, 0) is 0 Å². The Kier molecular flexibility index (Phi) is 3.10. The maximum atomic E-state index is 6.14. The van der Waals surface area contributed by atoms with Crippen LogP contribution in [0.25, 0.3) is 10.9 Å². The van der Waals surface area contributed by atoms with Crippen molar-refractivity contribution in [3.63, 3.8) is 0 Å². The molecule has 19 heavy (non-hydrogen) atoms. The molecule has 0 spiro atoms.